The van der Waals surface area contributed by atoms with E-state index in [1.807, 2.05) is 68.4 Å². The summed E-state index contributed by atoms with van der Waals surface area (Å²) >= 11 is 2.25. The Bertz CT molecular complexity index is 638. The van der Waals surface area contributed by atoms with Crippen LogP contribution >= 0.6 is 22.6 Å². The Balaban J connectivity index is 2.01. The van der Waals surface area contributed by atoms with Crippen molar-refractivity contribution in [1.82, 2.24) is 0 Å². The van der Waals surface area contributed by atoms with Gasteiger partial charge in [-0.2, -0.15) is 0 Å². The van der Waals surface area contributed by atoms with Crippen molar-refractivity contribution in [1.29, 1.82) is 0 Å². The van der Waals surface area contributed by atoms with Crippen molar-refractivity contribution >= 4 is 45.7 Å². The fourth-order valence-corrected chi connectivity index (χ4v) is 2.54. The molecule has 5 heteroatoms. The second-order valence-electron chi connectivity index (χ2n) is 4.98. The van der Waals surface area contributed by atoms with Crippen LogP contribution < -0.4 is 15.5 Å². The van der Waals surface area contributed by atoms with Crippen molar-refractivity contribution in [3.63, 3.8) is 0 Å². The minimum absolute atomic E-state index is 0.239. The lowest BCUT2D eigenvalue weighted by atomic mass is 10.2. The van der Waals surface area contributed by atoms with E-state index in [2.05, 4.69) is 33.2 Å². The zero-order chi connectivity index (χ0) is 15.4. The Morgan fingerprint density at radius 1 is 1.05 bits per heavy atom. The number of aryl methyl sites for hydroxylation is 1. The molecular formula is C16H18IN3O. The van der Waals surface area contributed by atoms with Gasteiger partial charge in [0.2, 0.25) is 0 Å². The topological polar surface area (TPSA) is 44.4 Å². The second-order valence-corrected chi connectivity index (χ2v) is 6.23. The van der Waals surface area contributed by atoms with Crippen LogP contribution in [0.4, 0.5) is 21.9 Å². The molecule has 110 valence electrons. The molecule has 0 fully saturated rings. The lowest BCUT2D eigenvalue weighted by molar-refractivity contribution is 0.262. The van der Waals surface area contributed by atoms with E-state index in [1.54, 1.807) is 0 Å². The first kappa shape index (κ1) is 15.6. The van der Waals surface area contributed by atoms with Crippen molar-refractivity contribution in [2.75, 3.05) is 29.6 Å². The van der Waals surface area contributed by atoms with Crippen LogP contribution in [0.3, 0.4) is 0 Å². The summed E-state index contributed by atoms with van der Waals surface area (Å²) in [5.74, 6) is 0. The molecule has 2 amide bonds. The van der Waals surface area contributed by atoms with E-state index in [1.165, 1.54) is 0 Å². The highest BCUT2D eigenvalue weighted by molar-refractivity contribution is 14.1. The molecule has 0 heterocycles. The minimum atomic E-state index is -0.239. The van der Waals surface area contributed by atoms with E-state index in [0.29, 0.717) is 0 Å². The monoisotopic (exact) mass is 395 g/mol. The van der Waals surface area contributed by atoms with Crippen LogP contribution in [0.15, 0.2) is 42.5 Å². The number of carbonyl (C=O) groups is 1. The minimum Gasteiger partial charge on any atom is -0.378 e. The van der Waals surface area contributed by atoms with Crippen molar-refractivity contribution < 1.29 is 4.79 Å². The Kier molecular flexibility index (Phi) is 5.06. The maximum absolute atomic E-state index is 12.0. The Hall–Kier alpha value is -1.76. The molecule has 0 saturated heterocycles. The summed E-state index contributed by atoms with van der Waals surface area (Å²) in [6.45, 7) is 1.98. The first-order chi connectivity index (χ1) is 9.95. The average Bonchev–Trinajstić information content (AvgIpc) is 2.42. The summed E-state index contributed by atoms with van der Waals surface area (Å²) in [6.07, 6.45) is 0. The quantitative estimate of drug-likeness (QED) is 0.761. The fourth-order valence-electron chi connectivity index (χ4n) is 1.89. The predicted molar refractivity (Wildman–Crippen MR) is 97.3 cm³/mol. The molecule has 0 bridgehead atoms. The molecule has 0 unspecified atom stereocenters. The molecule has 2 aromatic carbocycles. The third-order valence-electron chi connectivity index (χ3n) is 3.08. The number of nitrogens with zero attached hydrogens (tertiary/aromatic N) is 1. The molecule has 0 aromatic heterocycles. The number of nitrogens with one attached hydrogen (secondary N) is 2. The highest BCUT2D eigenvalue weighted by Gasteiger charge is 2.05. The highest BCUT2D eigenvalue weighted by Crippen LogP contribution is 2.19. The third-order valence-corrected chi connectivity index (χ3v) is 3.75. The number of hydrogen-bond donors (Lipinski definition) is 2. The molecule has 2 rings (SSSR count). The molecule has 0 aliphatic carbocycles. The summed E-state index contributed by atoms with van der Waals surface area (Å²) in [7, 11) is 3.96. The van der Waals surface area contributed by atoms with Gasteiger partial charge in [0, 0.05) is 34.7 Å². The number of benzene rings is 2. The molecule has 21 heavy (non-hydrogen) atoms. The Labute approximate surface area is 138 Å². The van der Waals surface area contributed by atoms with E-state index in [0.717, 1.165) is 26.2 Å². The van der Waals surface area contributed by atoms with Gasteiger partial charge < -0.3 is 15.5 Å². The molecule has 0 radical (unpaired) electrons. The third kappa shape index (κ3) is 4.35. The lowest BCUT2D eigenvalue weighted by Gasteiger charge is -2.13. The van der Waals surface area contributed by atoms with Gasteiger partial charge in [-0.1, -0.05) is 0 Å². The SMILES string of the molecule is Cc1cc(I)ccc1NC(=O)Nc1ccc(N(C)C)cc1. The zero-order valence-corrected chi connectivity index (χ0v) is 14.4. The van der Waals surface area contributed by atoms with Gasteiger partial charge in [0.15, 0.2) is 0 Å². The largest absolute Gasteiger partial charge is 0.378 e. The van der Waals surface area contributed by atoms with Crippen LogP contribution in [0.1, 0.15) is 5.56 Å². The van der Waals surface area contributed by atoms with Crippen molar-refractivity contribution in [2.45, 2.75) is 6.92 Å². The van der Waals surface area contributed by atoms with E-state index < -0.39 is 0 Å². The van der Waals surface area contributed by atoms with E-state index >= 15 is 0 Å². The van der Waals surface area contributed by atoms with Crippen LogP contribution in [0, 0.1) is 10.5 Å². The van der Waals surface area contributed by atoms with Crippen molar-refractivity contribution in [2.24, 2.45) is 0 Å². The van der Waals surface area contributed by atoms with E-state index in [-0.39, 0.29) is 6.03 Å². The summed E-state index contributed by atoms with van der Waals surface area (Å²) in [4.78, 5) is 14.0. The molecule has 0 aliphatic heterocycles. The van der Waals surface area contributed by atoms with Gasteiger partial charge in [0.1, 0.15) is 0 Å². The number of anilines is 3. The molecular weight excluding hydrogens is 377 g/mol. The number of rotatable bonds is 3. The second kappa shape index (κ2) is 6.80. The van der Waals surface area contributed by atoms with Gasteiger partial charge >= 0.3 is 6.03 Å². The Morgan fingerprint density at radius 3 is 2.29 bits per heavy atom. The molecule has 0 spiro atoms. The molecule has 0 aliphatic rings. The van der Waals surface area contributed by atoms with Crippen molar-refractivity contribution in [3.05, 3.63) is 51.6 Å². The van der Waals surface area contributed by atoms with Crippen LogP contribution in [-0.2, 0) is 0 Å². The maximum atomic E-state index is 12.0. The molecule has 2 aromatic rings. The van der Waals surface area contributed by atoms with Gasteiger partial charge in [-0.15, -0.1) is 0 Å². The van der Waals surface area contributed by atoms with Gasteiger partial charge in [-0.25, -0.2) is 4.79 Å². The number of carbonyl (C=O) groups excluding carboxylic acids is 1. The average molecular weight is 395 g/mol. The highest BCUT2D eigenvalue weighted by atomic mass is 127. The molecule has 4 nitrogen and oxygen atoms in total. The molecule has 0 saturated carbocycles. The Morgan fingerprint density at radius 2 is 1.71 bits per heavy atom. The first-order valence-corrected chi connectivity index (χ1v) is 7.65. The normalized spacial score (nSPS) is 10.1. The van der Waals surface area contributed by atoms with Gasteiger partial charge in [0.25, 0.3) is 0 Å². The summed E-state index contributed by atoms with van der Waals surface area (Å²) in [6, 6.07) is 13.4. The van der Waals surface area contributed by atoms with Crippen molar-refractivity contribution in [3.8, 4) is 0 Å². The number of urea groups is 1. The zero-order valence-electron chi connectivity index (χ0n) is 12.3. The van der Waals surface area contributed by atoms with Crippen LogP contribution in [0.5, 0.6) is 0 Å². The summed E-state index contributed by atoms with van der Waals surface area (Å²) in [5, 5.41) is 5.69. The van der Waals surface area contributed by atoms with E-state index in [9.17, 15) is 4.79 Å². The maximum Gasteiger partial charge on any atom is 0.323 e. The van der Waals surface area contributed by atoms with Gasteiger partial charge in [-0.05, 0) is 77.5 Å². The van der Waals surface area contributed by atoms with E-state index in [4.69, 9.17) is 0 Å². The molecule has 0 atom stereocenters. The standard InChI is InChI=1S/C16H18IN3O/c1-11-10-12(17)4-9-15(11)19-16(21)18-13-5-7-14(8-6-13)20(2)3/h4-10H,1-3H3,(H2,18,19,21). The number of hydrogen-bond acceptors (Lipinski definition) is 2. The predicted octanol–water partition coefficient (Wildman–Crippen LogP) is 4.31. The first-order valence-electron chi connectivity index (χ1n) is 6.57. The molecule has 2 N–H and O–H groups in total. The van der Waals surface area contributed by atoms with Gasteiger partial charge in [-0.3, -0.25) is 0 Å². The van der Waals surface area contributed by atoms with Gasteiger partial charge in [0.05, 0.1) is 0 Å². The number of amides is 2. The van der Waals surface area contributed by atoms with Crippen LogP contribution in [0.25, 0.3) is 0 Å². The lowest BCUT2D eigenvalue weighted by Crippen LogP contribution is -2.20. The summed E-state index contributed by atoms with van der Waals surface area (Å²) < 4.78 is 1.15. The fraction of sp³-hybridized carbons (Fsp3) is 0.188. The van der Waals surface area contributed by atoms with Crippen LogP contribution in [-0.4, -0.2) is 20.1 Å². The smallest absolute Gasteiger partial charge is 0.323 e. The van der Waals surface area contributed by atoms with Crippen LogP contribution in [0.2, 0.25) is 0 Å². The summed E-state index contributed by atoms with van der Waals surface area (Å²) in [5.41, 5.74) is 3.72. The number of halogens is 1.